The molecule has 1 atom stereocenters. The first-order chi connectivity index (χ1) is 6.66. The normalized spacial score (nSPS) is 11.7. The SMILES string of the molecule is C#CCC(O)c1ccccc1[N+](=O)[O-]. The number of nitrogens with zero attached hydrogens (tertiary/aromatic N) is 1. The van der Waals surface area contributed by atoms with E-state index in [1.54, 1.807) is 12.1 Å². The van der Waals surface area contributed by atoms with E-state index in [1.807, 2.05) is 0 Å². The smallest absolute Gasteiger partial charge is 0.275 e. The number of hydrogen-bond donors (Lipinski definition) is 1. The molecule has 0 aliphatic rings. The van der Waals surface area contributed by atoms with Crippen LogP contribution in [-0.4, -0.2) is 10.0 Å². The van der Waals surface area contributed by atoms with Gasteiger partial charge in [-0.05, 0) is 6.07 Å². The molecule has 0 aromatic heterocycles. The van der Waals surface area contributed by atoms with Crippen molar-refractivity contribution < 1.29 is 10.0 Å². The van der Waals surface area contributed by atoms with Crippen LogP contribution in [0.5, 0.6) is 0 Å². The number of aliphatic hydroxyl groups is 1. The number of benzene rings is 1. The van der Waals surface area contributed by atoms with Crippen LogP contribution in [0.3, 0.4) is 0 Å². The molecule has 1 aromatic carbocycles. The monoisotopic (exact) mass is 191 g/mol. The molecule has 1 aromatic rings. The van der Waals surface area contributed by atoms with Gasteiger partial charge in [0.2, 0.25) is 0 Å². The average molecular weight is 191 g/mol. The molecular formula is C10H9NO3. The van der Waals surface area contributed by atoms with Crippen LogP contribution < -0.4 is 0 Å². The largest absolute Gasteiger partial charge is 0.387 e. The highest BCUT2D eigenvalue weighted by Gasteiger charge is 2.18. The fraction of sp³-hybridized carbons (Fsp3) is 0.200. The average Bonchev–Trinajstić information content (AvgIpc) is 2.18. The standard InChI is InChI=1S/C10H9NO3/c1-2-5-10(12)8-6-3-4-7-9(8)11(13)14/h1,3-4,6-7,10,12H,5H2. The van der Waals surface area contributed by atoms with Crippen molar-refractivity contribution in [2.45, 2.75) is 12.5 Å². The summed E-state index contributed by atoms with van der Waals surface area (Å²) < 4.78 is 0. The molecule has 0 saturated carbocycles. The molecule has 4 heteroatoms. The first-order valence-electron chi connectivity index (χ1n) is 4.01. The Morgan fingerprint density at radius 3 is 2.79 bits per heavy atom. The summed E-state index contributed by atoms with van der Waals surface area (Å²) in [6, 6.07) is 6.02. The molecule has 0 saturated heterocycles. The van der Waals surface area contributed by atoms with E-state index >= 15 is 0 Å². The van der Waals surface area contributed by atoms with Gasteiger partial charge < -0.3 is 5.11 Å². The van der Waals surface area contributed by atoms with Gasteiger partial charge >= 0.3 is 0 Å². The lowest BCUT2D eigenvalue weighted by Gasteiger charge is -2.07. The van der Waals surface area contributed by atoms with Crippen LogP contribution in [0.1, 0.15) is 18.1 Å². The van der Waals surface area contributed by atoms with Gasteiger partial charge in [0.25, 0.3) is 5.69 Å². The lowest BCUT2D eigenvalue weighted by Crippen LogP contribution is -2.01. The Bertz CT molecular complexity index is 381. The Labute approximate surface area is 81.3 Å². The summed E-state index contributed by atoms with van der Waals surface area (Å²) in [5, 5.41) is 20.1. The highest BCUT2D eigenvalue weighted by Crippen LogP contribution is 2.26. The lowest BCUT2D eigenvalue weighted by atomic mass is 10.1. The highest BCUT2D eigenvalue weighted by molar-refractivity contribution is 5.41. The van der Waals surface area contributed by atoms with E-state index < -0.39 is 11.0 Å². The third-order valence-corrected chi connectivity index (χ3v) is 1.80. The van der Waals surface area contributed by atoms with Crippen LogP contribution in [0.25, 0.3) is 0 Å². The van der Waals surface area contributed by atoms with Gasteiger partial charge in [-0.2, -0.15) is 0 Å². The van der Waals surface area contributed by atoms with Crippen LogP contribution in [0, 0.1) is 22.5 Å². The van der Waals surface area contributed by atoms with Gasteiger partial charge in [-0.3, -0.25) is 10.1 Å². The molecule has 0 aliphatic heterocycles. The second-order valence-corrected chi connectivity index (χ2v) is 2.74. The summed E-state index contributed by atoms with van der Waals surface area (Å²) >= 11 is 0. The van der Waals surface area contributed by atoms with Crippen molar-refractivity contribution >= 4 is 5.69 Å². The molecule has 1 N–H and O–H groups in total. The van der Waals surface area contributed by atoms with Crippen molar-refractivity contribution in [3.8, 4) is 12.3 Å². The van der Waals surface area contributed by atoms with Gasteiger partial charge in [0.1, 0.15) is 0 Å². The Morgan fingerprint density at radius 2 is 2.21 bits per heavy atom. The van der Waals surface area contributed by atoms with E-state index in [1.165, 1.54) is 12.1 Å². The quantitative estimate of drug-likeness (QED) is 0.449. The lowest BCUT2D eigenvalue weighted by molar-refractivity contribution is -0.386. The van der Waals surface area contributed by atoms with Gasteiger partial charge in [-0.25, -0.2) is 0 Å². The van der Waals surface area contributed by atoms with E-state index in [9.17, 15) is 15.2 Å². The summed E-state index contributed by atoms with van der Waals surface area (Å²) in [5.74, 6) is 2.26. The number of terminal acetylenes is 1. The van der Waals surface area contributed by atoms with E-state index in [0.29, 0.717) is 0 Å². The second kappa shape index (κ2) is 4.40. The number of nitro groups is 1. The predicted molar refractivity (Wildman–Crippen MR) is 51.5 cm³/mol. The minimum Gasteiger partial charge on any atom is -0.387 e. The van der Waals surface area contributed by atoms with Gasteiger partial charge in [-0.15, -0.1) is 12.3 Å². The topological polar surface area (TPSA) is 63.4 Å². The zero-order valence-electron chi connectivity index (χ0n) is 7.38. The zero-order chi connectivity index (χ0) is 10.6. The van der Waals surface area contributed by atoms with Gasteiger partial charge in [0, 0.05) is 12.5 Å². The van der Waals surface area contributed by atoms with E-state index in [2.05, 4.69) is 5.92 Å². The third-order valence-electron chi connectivity index (χ3n) is 1.80. The van der Waals surface area contributed by atoms with Crippen molar-refractivity contribution in [3.63, 3.8) is 0 Å². The van der Waals surface area contributed by atoms with E-state index in [-0.39, 0.29) is 17.7 Å². The molecule has 0 heterocycles. The first-order valence-corrected chi connectivity index (χ1v) is 4.01. The van der Waals surface area contributed by atoms with Crippen LogP contribution in [0.15, 0.2) is 24.3 Å². The van der Waals surface area contributed by atoms with Crippen molar-refractivity contribution in [3.05, 3.63) is 39.9 Å². The zero-order valence-corrected chi connectivity index (χ0v) is 7.38. The number of rotatable bonds is 3. The number of aliphatic hydroxyl groups excluding tert-OH is 1. The van der Waals surface area contributed by atoms with E-state index in [4.69, 9.17) is 6.42 Å². The molecule has 1 rings (SSSR count). The molecule has 4 nitrogen and oxygen atoms in total. The summed E-state index contributed by atoms with van der Waals surface area (Å²) in [6.45, 7) is 0. The van der Waals surface area contributed by atoms with Gasteiger partial charge in [-0.1, -0.05) is 12.1 Å². The molecule has 1 unspecified atom stereocenters. The van der Waals surface area contributed by atoms with Crippen molar-refractivity contribution in [2.24, 2.45) is 0 Å². The minimum absolute atomic E-state index is 0.0743. The molecular weight excluding hydrogens is 182 g/mol. The van der Waals surface area contributed by atoms with Crippen molar-refractivity contribution in [2.75, 3.05) is 0 Å². The van der Waals surface area contributed by atoms with Crippen molar-refractivity contribution in [1.29, 1.82) is 0 Å². The van der Waals surface area contributed by atoms with Crippen LogP contribution in [-0.2, 0) is 0 Å². The van der Waals surface area contributed by atoms with Gasteiger partial charge in [0.05, 0.1) is 16.6 Å². The van der Waals surface area contributed by atoms with Crippen LogP contribution in [0.2, 0.25) is 0 Å². The van der Waals surface area contributed by atoms with E-state index in [0.717, 1.165) is 0 Å². The molecule has 0 amide bonds. The molecule has 0 radical (unpaired) electrons. The Morgan fingerprint density at radius 1 is 1.57 bits per heavy atom. The maximum atomic E-state index is 10.6. The summed E-state index contributed by atoms with van der Waals surface area (Å²) in [4.78, 5) is 10.0. The molecule has 0 spiro atoms. The summed E-state index contributed by atoms with van der Waals surface area (Å²) in [6.07, 6.45) is 4.12. The Hall–Kier alpha value is -1.86. The summed E-state index contributed by atoms with van der Waals surface area (Å²) in [7, 11) is 0. The molecule has 0 aliphatic carbocycles. The first kappa shape index (κ1) is 10.2. The number of hydrogen-bond acceptors (Lipinski definition) is 3. The second-order valence-electron chi connectivity index (χ2n) is 2.74. The number of para-hydroxylation sites is 1. The Balaban J connectivity index is 3.08. The van der Waals surface area contributed by atoms with Crippen LogP contribution in [0.4, 0.5) is 5.69 Å². The Kier molecular flexibility index (Phi) is 3.21. The number of nitro benzene ring substituents is 1. The van der Waals surface area contributed by atoms with Crippen molar-refractivity contribution in [1.82, 2.24) is 0 Å². The summed E-state index contributed by atoms with van der Waals surface area (Å²) in [5.41, 5.74) is 0.158. The van der Waals surface area contributed by atoms with Gasteiger partial charge in [0.15, 0.2) is 0 Å². The molecule has 0 fully saturated rings. The molecule has 72 valence electrons. The van der Waals surface area contributed by atoms with Crippen LogP contribution >= 0.6 is 0 Å². The minimum atomic E-state index is -0.971. The maximum absolute atomic E-state index is 10.6. The fourth-order valence-corrected chi connectivity index (χ4v) is 1.16. The molecule has 14 heavy (non-hydrogen) atoms. The highest BCUT2D eigenvalue weighted by atomic mass is 16.6. The predicted octanol–water partition coefficient (Wildman–Crippen LogP) is 1.65. The molecule has 0 bridgehead atoms. The third kappa shape index (κ3) is 2.09. The maximum Gasteiger partial charge on any atom is 0.275 e. The fourth-order valence-electron chi connectivity index (χ4n) is 1.16.